The second-order valence-corrected chi connectivity index (χ2v) is 8.73. The number of ether oxygens (including phenoxy) is 1. The van der Waals surface area contributed by atoms with Crippen molar-refractivity contribution in [2.24, 2.45) is 11.8 Å². The molecule has 0 amide bonds. The highest BCUT2D eigenvalue weighted by atomic mass is 127. The van der Waals surface area contributed by atoms with Crippen LogP contribution >= 0.6 is 22.6 Å². The Hall–Kier alpha value is -1.49. The monoisotopic (exact) mass is 445 g/mol. The number of hydrogen-bond acceptors (Lipinski definition) is 2. The van der Waals surface area contributed by atoms with Crippen LogP contribution in [0.15, 0.2) is 54.6 Å². The fourth-order valence-corrected chi connectivity index (χ4v) is 4.44. The summed E-state index contributed by atoms with van der Waals surface area (Å²) in [5.74, 6) is 2.62. The summed E-state index contributed by atoms with van der Waals surface area (Å²) in [5, 5.41) is 3.80. The largest absolute Gasteiger partial charge is 0.493 e. The van der Waals surface area contributed by atoms with Crippen LogP contribution in [0.3, 0.4) is 0 Å². The number of fused-ring (bicyclic) bond motifs is 3. The van der Waals surface area contributed by atoms with E-state index in [1.807, 2.05) is 0 Å². The highest BCUT2D eigenvalue weighted by molar-refractivity contribution is 14.1. The van der Waals surface area contributed by atoms with Crippen LogP contribution in [0, 0.1) is 15.4 Å². The number of rotatable bonds is 4. The van der Waals surface area contributed by atoms with Crippen molar-refractivity contribution in [3.8, 4) is 5.75 Å². The third-order valence-electron chi connectivity index (χ3n) is 5.15. The summed E-state index contributed by atoms with van der Waals surface area (Å²) in [5.41, 5.74) is 4.07. The van der Waals surface area contributed by atoms with E-state index in [2.05, 4.69) is 96.4 Å². The summed E-state index contributed by atoms with van der Waals surface area (Å²) < 4.78 is 7.14. The van der Waals surface area contributed by atoms with Crippen molar-refractivity contribution in [2.75, 3.05) is 11.9 Å². The smallest absolute Gasteiger partial charge is 0.119 e. The fourth-order valence-electron chi connectivity index (χ4n) is 3.93. The van der Waals surface area contributed by atoms with E-state index in [9.17, 15) is 0 Å². The number of anilines is 1. The zero-order valence-electron chi connectivity index (χ0n) is 14.7. The first kappa shape index (κ1) is 17.0. The van der Waals surface area contributed by atoms with Gasteiger partial charge in [-0.25, -0.2) is 0 Å². The molecule has 3 heteroatoms. The fraction of sp³-hybridized carbons (Fsp3) is 0.364. The van der Waals surface area contributed by atoms with Crippen LogP contribution in [0.5, 0.6) is 5.75 Å². The first-order chi connectivity index (χ1) is 12.1. The zero-order valence-corrected chi connectivity index (χ0v) is 16.9. The number of halogens is 1. The summed E-state index contributed by atoms with van der Waals surface area (Å²) in [6.07, 6.45) is 5.88. The van der Waals surface area contributed by atoms with Gasteiger partial charge in [0.05, 0.1) is 12.6 Å². The number of benzene rings is 2. The van der Waals surface area contributed by atoms with Gasteiger partial charge in [0.2, 0.25) is 0 Å². The Kier molecular flexibility index (Phi) is 4.76. The number of hydrogen-bond donors (Lipinski definition) is 1. The van der Waals surface area contributed by atoms with E-state index in [-0.39, 0.29) is 0 Å². The summed E-state index contributed by atoms with van der Waals surface area (Å²) in [4.78, 5) is 0. The summed E-state index contributed by atoms with van der Waals surface area (Å²) in [7, 11) is 0. The van der Waals surface area contributed by atoms with Gasteiger partial charge in [-0.05, 0) is 82.3 Å². The molecular formula is C22H24INO. The highest BCUT2D eigenvalue weighted by Gasteiger charge is 2.37. The molecular weight excluding hydrogens is 421 g/mol. The SMILES string of the molecule is CC(C)COc1ccc([C@@H]2Nc3ccc(I)cc3[C@@H]3C=CC[C@@H]32)cc1. The molecule has 0 fully saturated rings. The summed E-state index contributed by atoms with van der Waals surface area (Å²) in [6, 6.07) is 15.8. The molecule has 130 valence electrons. The van der Waals surface area contributed by atoms with Crippen LogP contribution in [0.2, 0.25) is 0 Å². The van der Waals surface area contributed by atoms with Gasteiger partial charge in [0.15, 0.2) is 0 Å². The van der Waals surface area contributed by atoms with Gasteiger partial charge in [-0.15, -0.1) is 0 Å². The molecule has 2 aromatic carbocycles. The molecule has 2 nitrogen and oxygen atoms in total. The lowest BCUT2D eigenvalue weighted by Gasteiger charge is -2.37. The van der Waals surface area contributed by atoms with Crippen LogP contribution in [-0.4, -0.2) is 6.61 Å². The van der Waals surface area contributed by atoms with Crippen LogP contribution in [0.1, 0.15) is 43.4 Å². The molecule has 0 radical (unpaired) electrons. The van der Waals surface area contributed by atoms with Gasteiger partial charge in [-0.2, -0.15) is 0 Å². The predicted octanol–water partition coefficient (Wildman–Crippen LogP) is 6.15. The van der Waals surface area contributed by atoms with Gasteiger partial charge in [-0.1, -0.05) is 38.1 Å². The van der Waals surface area contributed by atoms with E-state index in [0.29, 0.717) is 23.8 Å². The van der Waals surface area contributed by atoms with Crippen LogP contribution < -0.4 is 10.1 Å². The van der Waals surface area contributed by atoms with E-state index < -0.39 is 0 Å². The van der Waals surface area contributed by atoms with E-state index in [0.717, 1.165) is 18.8 Å². The Bertz CT molecular complexity index is 781. The first-order valence-corrected chi connectivity index (χ1v) is 10.1. The molecule has 0 saturated heterocycles. The average molecular weight is 445 g/mol. The van der Waals surface area contributed by atoms with E-state index >= 15 is 0 Å². The normalized spacial score (nSPS) is 23.9. The van der Waals surface area contributed by atoms with Gasteiger partial charge in [0.25, 0.3) is 0 Å². The minimum absolute atomic E-state index is 0.353. The van der Waals surface area contributed by atoms with Gasteiger partial charge in [0, 0.05) is 15.2 Å². The van der Waals surface area contributed by atoms with Gasteiger partial charge < -0.3 is 10.1 Å². The number of allylic oxidation sites excluding steroid dienone is 2. The minimum Gasteiger partial charge on any atom is -0.493 e. The quantitative estimate of drug-likeness (QED) is 0.450. The number of nitrogens with one attached hydrogen (secondary N) is 1. The van der Waals surface area contributed by atoms with Crippen molar-refractivity contribution in [1.29, 1.82) is 0 Å². The summed E-state index contributed by atoms with van der Waals surface area (Å²) >= 11 is 2.41. The first-order valence-electron chi connectivity index (χ1n) is 9.07. The minimum atomic E-state index is 0.353. The molecule has 0 bridgehead atoms. The van der Waals surface area contributed by atoms with Gasteiger partial charge >= 0.3 is 0 Å². The second kappa shape index (κ2) is 7.02. The molecule has 0 unspecified atom stereocenters. The van der Waals surface area contributed by atoms with Crippen LogP contribution in [0.25, 0.3) is 0 Å². The maximum Gasteiger partial charge on any atom is 0.119 e. The molecule has 3 atom stereocenters. The predicted molar refractivity (Wildman–Crippen MR) is 112 cm³/mol. The second-order valence-electron chi connectivity index (χ2n) is 7.48. The average Bonchev–Trinajstić information content (AvgIpc) is 3.10. The van der Waals surface area contributed by atoms with Crippen molar-refractivity contribution >= 4 is 28.3 Å². The van der Waals surface area contributed by atoms with Crippen molar-refractivity contribution in [3.63, 3.8) is 0 Å². The van der Waals surface area contributed by atoms with Crippen molar-refractivity contribution in [1.82, 2.24) is 0 Å². The Morgan fingerprint density at radius 3 is 2.72 bits per heavy atom. The Morgan fingerprint density at radius 2 is 1.96 bits per heavy atom. The molecule has 2 aromatic rings. The molecule has 0 spiro atoms. The molecule has 25 heavy (non-hydrogen) atoms. The lowest BCUT2D eigenvalue weighted by atomic mass is 9.77. The van der Waals surface area contributed by atoms with Gasteiger partial charge in [-0.3, -0.25) is 0 Å². The lowest BCUT2D eigenvalue weighted by Crippen LogP contribution is -2.29. The van der Waals surface area contributed by atoms with Crippen molar-refractivity contribution in [2.45, 2.75) is 32.2 Å². The zero-order chi connectivity index (χ0) is 17.4. The van der Waals surface area contributed by atoms with Crippen molar-refractivity contribution in [3.05, 3.63) is 69.3 Å². The molecule has 4 rings (SSSR count). The lowest BCUT2D eigenvalue weighted by molar-refractivity contribution is 0.271. The highest BCUT2D eigenvalue weighted by Crippen LogP contribution is 2.50. The maximum atomic E-state index is 5.83. The van der Waals surface area contributed by atoms with Crippen LogP contribution in [-0.2, 0) is 0 Å². The van der Waals surface area contributed by atoms with Crippen molar-refractivity contribution < 1.29 is 4.74 Å². The molecule has 1 aliphatic heterocycles. The molecule has 1 heterocycles. The Morgan fingerprint density at radius 1 is 1.16 bits per heavy atom. The Balaban J connectivity index is 1.59. The molecule has 2 aliphatic rings. The molecule has 0 aromatic heterocycles. The van der Waals surface area contributed by atoms with Crippen LogP contribution in [0.4, 0.5) is 5.69 Å². The summed E-state index contributed by atoms with van der Waals surface area (Å²) in [6.45, 7) is 5.11. The third-order valence-corrected chi connectivity index (χ3v) is 5.82. The van der Waals surface area contributed by atoms with E-state index in [1.165, 1.54) is 20.4 Å². The maximum absolute atomic E-state index is 5.83. The molecule has 1 aliphatic carbocycles. The van der Waals surface area contributed by atoms with Gasteiger partial charge in [0.1, 0.15) is 5.75 Å². The van der Waals surface area contributed by atoms with E-state index in [4.69, 9.17) is 4.74 Å². The standard InChI is InChI=1S/C22H24INO/c1-14(2)13-25-17-9-6-15(7-10-17)22-19-5-3-4-18(19)20-12-16(23)8-11-21(20)24-22/h3-4,6-12,14,18-19,22,24H,5,13H2,1-2H3/t18-,19+,22+/m1/s1. The van der Waals surface area contributed by atoms with E-state index in [1.54, 1.807) is 0 Å². The topological polar surface area (TPSA) is 21.3 Å². The molecule has 0 saturated carbocycles. The third kappa shape index (κ3) is 3.43. The molecule has 1 N–H and O–H groups in total. The Labute approximate surface area is 163 Å².